The lowest BCUT2D eigenvalue weighted by Gasteiger charge is -2.55. The quantitative estimate of drug-likeness (QED) is 0.353. The summed E-state index contributed by atoms with van der Waals surface area (Å²) in [6, 6.07) is 0. The molecule has 0 aromatic rings. The van der Waals surface area contributed by atoms with Crippen molar-refractivity contribution in [1.82, 2.24) is 0 Å². The predicted molar refractivity (Wildman–Crippen MR) is 141 cm³/mol. The van der Waals surface area contributed by atoms with Crippen molar-refractivity contribution in [3.05, 3.63) is 23.3 Å². The monoisotopic (exact) mass is 438 g/mol. The van der Waals surface area contributed by atoms with Crippen molar-refractivity contribution >= 4 is 0 Å². The van der Waals surface area contributed by atoms with E-state index in [0.29, 0.717) is 10.8 Å². The van der Waals surface area contributed by atoms with Crippen LogP contribution in [-0.2, 0) is 0 Å². The van der Waals surface area contributed by atoms with Gasteiger partial charge >= 0.3 is 0 Å². The van der Waals surface area contributed by atoms with Crippen LogP contribution in [0.15, 0.2) is 23.3 Å². The predicted octanol–water partition coefficient (Wildman–Crippen LogP) is 10.0. The van der Waals surface area contributed by atoms with Gasteiger partial charge in [0.25, 0.3) is 0 Å². The molecular formula is C32H54. The Hall–Kier alpha value is -0.520. The first kappa shape index (κ1) is 24.6. The maximum atomic E-state index is 2.70. The van der Waals surface area contributed by atoms with Crippen LogP contribution in [0.1, 0.15) is 126 Å². The minimum atomic E-state index is 0.471. The topological polar surface area (TPSA) is 0 Å². The molecular weight excluding hydrogens is 384 g/mol. The summed E-state index contributed by atoms with van der Waals surface area (Å²) in [5, 5.41) is 0. The fourth-order valence-electron chi connectivity index (χ4n) is 9.04. The lowest BCUT2D eigenvalue weighted by Crippen LogP contribution is -2.46. The van der Waals surface area contributed by atoms with Crippen molar-refractivity contribution in [3.8, 4) is 0 Å². The van der Waals surface area contributed by atoms with Gasteiger partial charge in [0, 0.05) is 0 Å². The smallest absolute Gasteiger partial charge is 0.00474 e. The van der Waals surface area contributed by atoms with Gasteiger partial charge in [-0.15, -0.1) is 0 Å². The van der Waals surface area contributed by atoms with E-state index in [4.69, 9.17) is 0 Å². The van der Waals surface area contributed by atoms with E-state index in [1.165, 1.54) is 77.0 Å². The molecule has 0 aromatic carbocycles. The molecule has 0 bridgehead atoms. The fourth-order valence-corrected chi connectivity index (χ4v) is 9.04. The molecule has 0 N–H and O–H groups in total. The summed E-state index contributed by atoms with van der Waals surface area (Å²) in [5.41, 5.74) is 4.75. The van der Waals surface area contributed by atoms with Crippen LogP contribution >= 0.6 is 0 Å². The van der Waals surface area contributed by atoms with E-state index in [1.807, 2.05) is 11.1 Å². The molecule has 3 fully saturated rings. The number of hydrogen-bond donors (Lipinski definition) is 0. The van der Waals surface area contributed by atoms with Crippen molar-refractivity contribution in [2.24, 2.45) is 52.3 Å². The Balaban J connectivity index is 1.49. The van der Waals surface area contributed by atoms with E-state index >= 15 is 0 Å². The summed E-state index contributed by atoms with van der Waals surface area (Å²) >= 11 is 0. The summed E-state index contributed by atoms with van der Waals surface area (Å²) in [6.07, 6.45) is 22.6. The van der Waals surface area contributed by atoms with Gasteiger partial charge in [0.1, 0.15) is 0 Å². The van der Waals surface area contributed by atoms with Crippen LogP contribution in [0.3, 0.4) is 0 Å². The zero-order chi connectivity index (χ0) is 23.1. The Bertz CT molecular complexity index is 710. The molecule has 0 radical (unpaired) electrons. The highest BCUT2D eigenvalue weighted by Gasteiger charge is 2.56. The second-order valence-electron chi connectivity index (χ2n) is 13.8. The van der Waals surface area contributed by atoms with Gasteiger partial charge in [0.15, 0.2) is 0 Å². The zero-order valence-electron chi connectivity index (χ0n) is 22.7. The Morgan fingerprint density at radius 1 is 0.906 bits per heavy atom. The maximum absolute atomic E-state index is 2.70. The molecule has 0 spiro atoms. The minimum absolute atomic E-state index is 0.471. The lowest BCUT2D eigenvalue weighted by molar-refractivity contribution is 0.0431. The summed E-state index contributed by atoms with van der Waals surface area (Å²) in [7, 11) is 0. The van der Waals surface area contributed by atoms with Crippen LogP contribution in [0.5, 0.6) is 0 Å². The molecule has 0 nitrogen and oxygen atoms in total. The third kappa shape index (κ3) is 4.43. The van der Waals surface area contributed by atoms with E-state index in [0.717, 1.165) is 41.4 Å². The van der Waals surface area contributed by atoms with E-state index in [1.54, 1.807) is 0 Å². The average molecular weight is 439 g/mol. The molecule has 182 valence electrons. The van der Waals surface area contributed by atoms with Gasteiger partial charge < -0.3 is 0 Å². The van der Waals surface area contributed by atoms with Crippen molar-refractivity contribution < 1.29 is 0 Å². The van der Waals surface area contributed by atoms with Gasteiger partial charge in [0.2, 0.25) is 0 Å². The van der Waals surface area contributed by atoms with Crippen LogP contribution in [-0.4, -0.2) is 0 Å². The lowest BCUT2D eigenvalue weighted by atomic mass is 9.49. The number of fused-ring (bicyclic) bond motifs is 5. The molecule has 0 amide bonds. The largest absolute Gasteiger partial charge is 0.0651 e. The second kappa shape index (κ2) is 9.62. The van der Waals surface area contributed by atoms with Gasteiger partial charge in [-0.2, -0.15) is 0 Å². The van der Waals surface area contributed by atoms with Crippen molar-refractivity contribution in [2.45, 2.75) is 126 Å². The highest BCUT2D eigenvalue weighted by Crippen LogP contribution is 2.66. The molecule has 3 saturated carbocycles. The Labute approximate surface area is 201 Å². The molecule has 32 heavy (non-hydrogen) atoms. The molecule has 4 aliphatic carbocycles. The fraction of sp³-hybridized carbons (Fsp3) is 0.875. The first-order valence-electron chi connectivity index (χ1n) is 14.6. The molecule has 4 rings (SSSR count). The van der Waals surface area contributed by atoms with E-state index in [-0.39, 0.29) is 0 Å². The van der Waals surface area contributed by atoms with Crippen molar-refractivity contribution in [1.29, 1.82) is 0 Å². The minimum Gasteiger partial charge on any atom is -0.0651 e. The molecule has 0 saturated heterocycles. The highest BCUT2D eigenvalue weighted by molar-refractivity contribution is 5.38. The van der Waals surface area contributed by atoms with Crippen LogP contribution in [0.2, 0.25) is 0 Å². The normalized spacial score (nSPS) is 40.8. The SMILES string of the molecule is CCC(C)CC1CCC2(C)C(=CC=C3C2CCC2(C)C3CCC2C(C)CCCC(C)C)C1. The molecule has 0 aromatic heterocycles. The zero-order valence-corrected chi connectivity index (χ0v) is 22.7. The van der Waals surface area contributed by atoms with Gasteiger partial charge in [-0.25, -0.2) is 0 Å². The molecule has 8 atom stereocenters. The van der Waals surface area contributed by atoms with Gasteiger partial charge in [0.05, 0.1) is 0 Å². The average Bonchev–Trinajstić information content (AvgIpc) is 3.11. The third-order valence-corrected chi connectivity index (χ3v) is 11.3. The standard InChI is InChI=1S/C32H54/c1-8-23(4)20-25-16-18-31(6)26(21-25)12-13-27-29-15-14-28(24(5)11-9-10-22(2)3)32(29,7)19-17-30(27)31/h12-13,22-25,28-30H,8-11,14-21H2,1-7H3. The molecule has 8 unspecified atom stereocenters. The number of rotatable bonds is 8. The Kier molecular flexibility index (Phi) is 7.39. The summed E-state index contributed by atoms with van der Waals surface area (Å²) in [6.45, 7) is 17.6. The first-order chi connectivity index (χ1) is 15.2. The molecule has 0 aliphatic heterocycles. The highest BCUT2D eigenvalue weighted by atomic mass is 14.6. The Morgan fingerprint density at radius 3 is 2.41 bits per heavy atom. The summed E-state index contributed by atoms with van der Waals surface area (Å²) in [5.74, 6) is 6.27. The van der Waals surface area contributed by atoms with E-state index in [9.17, 15) is 0 Å². The third-order valence-electron chi connectivity index (χ3n) is 11.3. The van der Waals surface area contributed by atoms with Crippen molar-refractivity contribution in [3.63, 3.8) is 0 Å². The van der Waals surface area contributed by atoms with E-state index in [2.05, 4.69) is 60.6 Å². The first-order valence-corrected chi connectivity index (χ1v) is 14.6. The van der Waals surface area contributed by atoms with E-state index < -0.39 is 0 Å². The Morgan fingerprint density at radius 2 is 1.69 bits per heavy atom. The van der Waals surface area contributed by atoms with Gasteiger partial charge in [-0.1, -0.05) is 97.4 Å². The summed E-state index contributed by atoms with van der Waals surface area (Å²) < 4.78 is 0. The number of allylic oxidation sites excluding steroid dienone is 4. The molecule has 0 heterocycles. The van der Waals surface area contributed by atoms with Crippen LogP contribution in [0, 0.1) is 52.3 Å². The van der Waals surface area contributed by atoms with Crippen LogP contribution in [0.4, 0.5) is 0 Å². The van der Waals surface area contributed by atoms with Crippen molar-refractivity contribution in [2.75, 3.05) is 0 Å². The summed E-state index contributed by atoms with van der Waals surface area (Å²) in [4.78, 5) is 0. The second-order valence-corrected chi connectivity index (χ2v) is 13.8. The number of hydrogen-bond acceptors (Lipinski definition) is 0. The van der Waals surface area contributed by atoms with Gasteiger partial charge in [-0.05, 0) is 104 Å². The van der Waals surface area contributed by atoms with Crippen LogP contribution in [0.25, 0.3) is 0 Å². The maximum Gasteiger partial charge on any atom is -0.00474 e. The van der Waals surface area contributed by atoms with Gasteiger partial charge in [-0.3, -0.25) is 0 Å². The molecule has 0 heteroatoms. The molecule has 4 aliphatic rings. The van der Waals surface area contributed by atoms with Crippen LogP contribution < -0.4 is 0 Å².